The fraction of sp³-hybridized carbons (Fsp3) is 0.550. The first-order chi connectivity index (χ1) is 11.4. The number of nitrogens with one attached hydrogen (secondary N) is 1. The second kappa shape index (κ2) is 5.71. The lowest BCUT2D eigenvalue weighted by atomic mass is 9.86. The Morgan fingerprint density at radius 1 is 1.25 bits per heavy atom. The van der Waals surface area contributed by atoms with Gasteiger partial charge in [0.1, 0.15) is 0 Å². The number of carbonyl (C=O) groups is 1. The summed E-state index contributed by atoms with van der Waals surface area (Å²) in [5.41, 5.74) is 6.09. The zero-order valence-corrected chi connectivity index (χ0v) is 14.8. The molecule has 3 aliphatic carbocycles. The third-order valence-electron chi connectivity index (χ3n) is 5.41. The van der Waals surface area contributed by atoms with Gasteiger partial charge in [0.05, 0.1) is 13.2 Å². The first-order valence-electron chi connectivity index (χ1n) is 8.91. The van der Waals surface area contributed by atoms with Gasteiger partial charge in [-0.1, -0.05) is 26.8 Å². The van der Waals surface area contributed by atoms with Crippen LogP contribution in [0.25, 0.3) is 0 Å². The number of hydrogen-bond donors (Lipinski definition) is 1. The molecule has 128 valence electrons. The van der Waals surface area contributed by atoms with Crippen molar-refractivity contribution in [3.63, 3.8) is 0 Å². The summed E-state index contributed by atoms with van der Waals surface area (Å²) in [5.74, 6) is 0.0585. The summed E-state index contributed by atoms with van der Waals surface area (Å²) >= 11 is 0. The smallest absolute Gasteiger partial charge is 0.252 e. The van der Waals surface area contributed by atoms with Crippen LogP contribution in [0.15, 0.2) is 46.1 Å². The van der Waals surface area contributed by atoms with Gasteiger partial charge in [-0.25, -0.2) is 0 Å². The SMILES string of the molecule is CC(C)(C)[C@@H](CN1CCOCC1)NC(=O)C1=C2C=C3CC3=C2C=C1. The first-order valence-corrected chi connectivity index (χ1v) is 8.91. The molecule has 0 aromatic carbocycles. The van der Waals surface area contributed by atoms with Gasteiger partial charge in [-0.3, -0.25) is 9.69 Å². The standard InChI is InChI=1S/C20H26N2O2/c1-20(2,3)18(12-22-6-8-24-9-7-22)21-19(23)15-5-4-14-16-10-13(16)11-17(14)15/h4-5,11,18H,6-10,12H2,1-3H3,(H,21,23)/t18-/m1/s1. The minimum Gasteiger partial charge on any atom is -0.379 e. The highest BCUT2D eigenvalue weighted by Gasteiger charge is 2.36. The van der Waals surface area contributed by atoms with Gasteiger partial charge < -0.3 is 10.1 Å². The highest BCUT2D eigenvalue weighted by molar-refractivity contribution is 6.02. The molecular formula is C20H26N2O2. The molecule has 1 aliphatic heterocycles. The lowest BCUT2D eigenvalue weighted by molar-refractivity contribution is -0.118. The summed E-state index contributed by atoms with van der Waals surface area (Å²) in [5, 5.41) is 3.31. The van der Waals surface area contributed by atoms with Gasteiger partial charge in [-0.05, 0) is 46.3 Å². The van der Waals surface area contributed by atoms with Crippen molar-refractivity contribution in [3.8, 4) is 0 Å². The highest BCUT2D eigenvalue weighted by Crippen LogP contribution is 2.51. The van der Waals surface area contributed by atoms with Crippen LogP contribution >= 0.6 is 0 Å². The molecule has 1 heterocycles. The summed E-state index contributed by atoms with van der Waals surface area (Å²) in [4.78, 5) is 15.3. The summed E-state index contributed by atoms with van der Waals surface area (Å²) in [7, 11) is 0. The fourth-order valence-electron chi connectivity index (χ4n) is 3.65. The molecule has 0 radical (unpaired) electrons. The molecule has 0 aromatic rings. The average Bonchev–Trinajstić information content (AvgIpc) is 3.01. The number of nitrogens with zero attached hydrogens (tertiary/aromatic N) is 1. The molecule has 1 saturated heterocycles. The van der Waals surface area contributed by atoms with Gasteiger partial charge in [0.2, 0.25) is 0 Å². The number of carbonyl (C=O) groups excluding carboxylic acids is 1. The van der Waals surface area contributed by atoms with Crippen molar-refractivity contribution in [2.75, 3.05) is 32.8 Å². The Bertz CT molecular complexity index is 698. The van der Waals surface area contributed by atoms with Crippen LogP contribution in [0, 0.1) is 5.41 Å². The Labute approximate surface area is 143 Å². The van der Waals surface area contributed by atoms with Crippen LogP contribution in [0.1, 0.15) is 27.2 Å². The number of fused-ring (bicyclic) bond motifs is 2. The van der Waals surface area contributed by atoms with Crippen molar-refractivity contribution in [2.45, 2.75) is 33.2 Å². The highest BCUT2D eigenvalue weighted by atomic mass is 16.5. The van der Waals surface area contributed by atoms with E-state index in [4.69, 9.17) is 4.74 Å². The van der Waals surface area contributed by atoms with E-state index in [-0.39, 0.29) is 17.4 Å². The van der Waals surface area contributed by atoms with Crippen molar-refractivity contribution < 1.29 is 9.53 Å². The molecule has 1 saturated carbocycles. The van der Waals surface area contributed by atoms with E-state index in [9.17, 15) is 4.79 Å². The molecule has 0 bridgehead atoms. The number of hydrogen-bond acceptors (Lipinski definition) is 3. The molecule has 1 amide bonds. The van der Waals surface area contributed by atoms with Crippen LogP contribution in [0.5, 0.6) is 0 Å². The van der Waals surface area contributed by atoms with Gasteiger partial charge in [-0.2, -0.15) is 0 Å². The molecule has 0 aromatic heterocycles. The summed E-state index contributed by atoms with van der Waals surface area (Å²) in [6.07, 6.45) is 7.38. The van der Waals surface area contributed by atoms with Crippen molar-refractivity contribution >= 4 is 5.91 Å². The molecule has 0 unspecified atom stereocenters. The lowest BCUT2D eigenvalue weighted by Crippen LogP contribution is -2.53. The number of amides is 1. The molecule has 0 spiro atoms. The van der Waals surface area contributed by atoms with E-state index >= 15 is 0 Å². The Kier molecular flexibility index (Phi) is 3.77. The molecule has 4 heteroatoms. The van der Waals surface area contributed by atoms with E-state index in [0.29, 0.717) is 0 Å². The van der Waals surface area contributed by atoms with Crippen LogP contribution in [-0.4, -0.2) is 49.7 Å². The van der Waals surface area contributed by atoms with Crippen LogP contribution in [0.4, 0.5) is 0 Å². The number of rotatable bonds is 4. The summed E-state index contributed by atoms with van der Waals surface area (Å²) in [6, 6.07) is 0.116. The maximum absolute atomic E-state index is 12.9. The van der Waals surface area contributed by atoms with E-state index in [1.54, 1.807) is 0 Å². The lowest BCUT2D eigenvalue weighted by Gasteiger charge is -2.37. The van der Waals surface area contributed by atoms with Crippen molar-refractivity contribution in [2.24, 2.45) is 5.41 Å². The van der Waals surface area contributed by atoms with Gasteiger partial charge in [0.25, 0.3) is 5.91 Å². The van der Waals surface area contributed by atoms with E-state index in [1.807, 2.05) is 6.08 Å². The largest absolute Gasteiger partial charge is 0.379 e. The maximum Gasteiger partial charge on any atom is 0.252 e. The fourth-order valence-corrected chi connectivity index (χ4v) is 3.65. The van der Waals surface area contributed by atoms with E-state index < -0.39 is 0 Å². The minimum atomic E-state index is 0.0130. The quantitative estimate of drug-likeness (QED) is 0.862. The van der Waals surface area contributed by atoms with Crippen molar-refractivity contribution in [1.29, 1.82) is 0 Å². The molecule has 4 rings (SSSR count). The van der Waals surface area contributed by atoms with Crippen molar-refractivity contribution in [1.82, 2.24) is 10.2 Å². The Morgan fingerprint density at radius 3 is 2.71 bits per heavy atom. The van der Waals surface area contributed by atoms with Crippen molar-refractivity contribution in [3.05, 3.63) is 46.1 Å². The van der Waals surface area contributed by atoms with Gasteiger partial charge in [-0.15, -0.1) is 0 Å². The maximum atomic E-state index is 12.9. The Morgan fingerprint density at radius 2 is 2.00 bits per heavy atom. The van der Waals surface area contributed by atoms with Gasteiger partial charge in [0.15, 0.2) is 0 Å². The second-order valence-electron chi connectivity index (χ2n) is 8.20. The third-order valence-corrected chi connectivity index (χ3v) is 5.41. The average molecular weight is 326 g/mol. The van der Waals surface area contributed by atoms with Crippen LogP contribution < -0.4 is 5.32 Å². The Hall–Kier alpha value is -1.65. The third kappa shape index (κ3) is 2.89. The van der Waals surface area contributed by atoms with Crippen LogP contribution in [0.3, 0.4) is 0 Å². The van der Waals surface area contributed by atoms with E-state index in [2.05, 4.69) is 43.1 Å². The number of allylic oxidation sites excluding steroid dienone is 6. The molecule has 2 fully saturated rings. The summed E-state index contributed by atoms with van der Waals surface area (Å²) < 4.78 is 5.43. The van der Waals surface area contributed by atoms with Crippen LogP contribution in [0.2, 0.25) is 0 Å². The molecule has 4 aliphatic rings. The first kappa shape index (κ1) is 15.9. The van der Waals surface area contributed by atoms with Gasteiger partial charge >= 0.3 is 0 Å². The zero-order valence-electron chi connectivity index (χ0n) is 14.8. The predicted octanol–water partition coefficient (Wildman–Crippen LogP) is 2.36. The topological polar surface area (TPSA) is 41.6 Å². The molecule has 4 nitrogen and oxygen atoms in total. The minimum absolute atomic E-state index is 0.0130. The van der Waals surface area contributed by atoms with E-state index in [1.165, 1.54) is 16.7 Å². The monoisotopic (exact) mass is 326 g/mol. The molecule has 24 heavy (non-hydrogen) atoms. The molecular weight excluding hydrogens is 300 g/mol. The van der Waals surface area contributed by atoms with Crippen LogP contribution in [-0.2, 0) is 9.53 Å². The molecule has 1 atom stereocenters. The van der Waals surface area contributed by atoms with E-state index in [0.717, 1.165) is 50.4 Å². The summed E-state index contributed by atoms with van der Waals surface area (Å²) in [6.45, 7) is 10.9. The zero-order chi connectivity index (χ0) is 16.9. The number of ether oxygens (including phenoxy) is 1. The Balaban J connectivity index is 1.48. The number of morpholine rings is 1. The normalized spacial score (nSPS) is 24.0. The predicted molar refractivity (Wildman–Crippen MR) is 94.5 cm³/mol. The molecule has 1 N–H and O–H groups in total. The van der Waals surface area contributed by atoms with Gasteiger partial charge in [0, 0.05) is 31.2 Å². The second-order valence-corrected chi connectivity index (χ2v) is 8.20.